The molecule has 1 aliphatic heterocycles. The quantitative estimate of drug-likeness (QED) is 0.811. The van der Waals surface area contributed by atoms with Crippen LogP contribution in [-0.4, -0.2) is 67.0 Å². The number of carbonyl (C=O) groups excluding carboxylic acids is 1. The summed E-state index contributed by atoms with van der Waals surface area (Å²) in [6, 6.07) is -0.0292. The predicted molar refractivity (Wildman–Crippen MR) is 74.1 cm³/mol. The summed E-state index contributed by atoms with van der Waals surface area (Å²) in [6.07, 6.45) is 1.84. The van der Waals surface area contributed by atoms with Gasteiger partial charge in [0.25, 0.3) is 0 Å². The molecule has 1 amide bonds. The Morgan fingerprint density at radius 3 is 2.56 bits per heavy atom. The molecule has 0 saturated carbocycles. The van der Waals surface area contributed by atoms with E-state index in [2.05, 4.69) is 14.8 Å². The summed E-state index contributed by atoms with van der Waals surface area (Å²) in [5, 5.41) is 3.08. The molecular weight excluding hydrogens is 248 g/mol. The second-order valence-corrected chi connectivity index (χ2v) is 5.62. The number of hydrogen-bond donors (Lipinski definition) is 0. The van der Waals surface area contributed by atoms with E-state index in [9.17, 15) is 4.79 Å². The molecule has 5 nitrogen and oxygen atoms in total. The Kier molecular flexibility index (Phi) is 4.19. The summed E-state index contributed by atoms with van der Waals surface area (Å²) in [5.74, 6) is 0.178. The molecular formula is C12H20N4OS. The molecule has 0 spiro atoms. The molecule has 1 saturated heterocycles. The Balaban J connectivity index is 1.88. The Hall–Kier alpha value is -1.14. The maximum absolute atomic E-state index is 11.9. The second-order valence-electron chi connectivity index (χ2n) is 4.75. The van der Waals surface area contributed by atoms with Gasteiger partial charge in [-0.2, -0.15) is 0 Å². The molecule has 1 atom stereocenters. The fourth-order valence-electron chi connectivity index (χ4n) is 2.20. The highest BCUT2D eigenvalue weighted by atomic mass is 32.1. The first-order valence-electron chi connectivity index (χ1n) is 6.19. The average molecular weight is 268 g/mol. The largest absolute Gasteiger partial charge is 0.347 e. The Morgan fingerprint density at radius 2 is 2.06 bits per heavy atom. The number of carbonyl (C=O) groups is 1. The Labute approximate surface area is 112 Å². The van der Waals surface area contributed by atoms with Crippen LogP contribution in [-0.2, 0) is 4.79 Å². The minimum Gasteiger partial charge on any atom is -0.347 e. The lowest BCUT2D eigenvalue weighted by Crippen LogP contribution is -2.53. The lowest BCUT2D eigenvalue weighted by atomic mass is 10.2. The zero-order valence-corrected chi connectivity index (χ0v) is 12.0. The lowest BCUT2D eigenvalue weighted by molar-refractivity contribution is -0.133. The third kappa shape index (κ3) is 2.81. The van der Waals surface area contributed by atoms with Crippen molar-refractivity contribution in [2.75, 3.05) is 45.2 Å². The monoisotopic (exact) mass is 268 g/mol. The first-order valence-corrected chi connectivity index (χ1v) is 7.07. The van der Waals surface area contributed by atoms with Gasteiger partial charge in [-0.05, 0) is 6.92 Å². The van der Waals surface area contributed by atoms with E-state index in [4.69, 9.17) is 0 Å². The van der Waals surface area contributed by atoms with Gasteiger partial charge in [0.05, 0.1) is 6.04 Å². The van der Waals surface area contributed by atoms with Gasteiger partial charge < -0.3 is 9.80 Å². The van der Waals surface area contributed by atoms with Crippen LogP contribution in [0, 0.1) is 0 Å². The van der Waals surface area contributed by atoms with E-state index in [1.165, 1.54) is 0 Å². The molecule has 1 fully saturated rings. The maximum atomic E-state index is 11.9. The minimum atomic E-state index is -0.0292. The summed E-state index contributed by atoms with van der Waals surface area (Å²) >= 11 is 1.67. The first kappa shape index (κ1) is 13.3. The van der Waals surface area contributed by atoms with Gasteiger partial charge in [-0.15, -0.1) is 11.3 Å². The SMILES string of the molecule is CC(C(=O)N(C)C)N1CCN(c2nccs2)CC1. The number of hydrogen-bond acceptors (Lipinski definition) is 5. The second kappa shape index (κ2) is 5.67. The third-order valence-electron chi connectivity index (χ3n) is 3.35. The molecule has 2 rings (SSSR count). The van der Waals surface area contributed by atoms with E-state index in [-0.39, 0.29) is 11.9 Å². The summed E-state index contributed by atoms with van der Waals surface area (Å²) < 4.78 is 0. The normalized spacial score (nSPS) is 18.7. The topological polar surface area (TPSA) is 39.7 Å². The summed E-state index contributed by atoms with van der Waals surface area (Å²) in [7, 11) is 3.62. The van der Waals surface area contributed by atoms with Crippen LogP contribution in [0.2, 0.25) is 0 Å². The Bertz CT molecular complexity index is 385. The molecule has 1 unspecified atom stereocenters. The fourth-order valence-corrected chi connectivity index (χ4v) is 2.90. The number of amides is 1. The summed E-state index contributed by atoms with van der Waals surface area (Å²) in [4.78, 5) is 22.4. The number of nitrogens with zero attached hydrogens (tertiary/aromatic N) is 4. The number of thiazole rings is 1. The van der Waals surface area contributed by atoms with E-state index in [0.717, 1.165) is 31.3 Å². The van der Waals surface area contributed by atoms with Gasteiger partial charge >= 0.3 is 0 Å². The van der Waals surface area contributed by atoms with E-state index in [1.807, 2.05) is 32.6 Å². The van der Waals surface area contributed by atoms with Gasteiger partial charge in [-0.3, -0.25) is 9.69 Å². The molecule has 1 aromatic rings. The predicted octanol–water partition coefficient (Wildman–Crippen LogP) is 0.742. The Morgan fingerprint density at radius 1 is 1.39 bits per heavy atom. The van der Waals surface area contributed by atoms with Crippen molar-refractivity contribution in [3.8, 4) is 0 Å². The van der Waals surface area contributed by atoms with Gasteiger partial charge in [0, 0.05) is 51.9 Å². The summed E-state index contributed by atoms with van der Waals surface area (Å²) in [6.45, 7) is 5.71. The van der Waals surface area contributed by atoms with Gasteiger partial charge in [0.15, 0.2) is 5.13 Å². The zero-order valence-electron chi connectivity index (χ0n) is 11.2. The van der Waals surface area contributed by atoms with Crippen LogP contribution in [0.5, 0.6) is 0 Å². The van der Waals surface area contributed by atoms with Gasteiger partial charge in [-0.1, -0.05) is 0 Å². The van der Waals surface area contributed by atoms with Gasteiger partial charge in [0.2, 0.25) is 5.91 Å². The van der Waals surface area contributed by atoms with E-state index in [1.54, 1.807) is 16.2 Å². The van der Waals surface area contributed by atoms with Crippen molar-refractivity contribution in [2.45, 2.75) is 13.0 Å². The highest BCUT2D eigenvalue weighted by Crippen LogP contribution is 2.19. The number of piperazine rings is 1. The van der Waals surface area contributed by atoms with Crippen LogP contribution in [0.25, 0.3) is 0 Å². The van der Waals surface area contributed by atoms with Crippen molar-refractivity contribution in [1.29, 1.82) is 0 Å². The molecule has 2 heterocycles. The highest BCUT2D eigenvalue weighted by molar-refractivity contribution is 7.13. The maximum Gasteiger partial charge on any atom is 0.239 e. The van der Waals surface area contributed by atoms with Crippen LogP contribution in [0.15, 0.2) is 11.6 Å². The number of anilines is 1. The van der Waals surface area contributed by atoms with Crippen molar-refractivity contribution in [3.63, 3.8) is 0 Å². The number of likely N-dealkylation sites (N-methyl/N-ethyl adjacent to an activating group) is 1. The third-order valence-corrected chi connectivity index (χ3v) is 4.18. The minimum absolute atomic E-state index is 0.0292. The van der Waals surface area contributed by atoms with Crippen LogP contribution < -0.4 is 4.90 Å². The molecule has 1 aromatic heterocycles. The number of aromatic nitrogens is 1. The standard InChI is InChI=1S/C12H20N4OS/c1-10(11(17)14(2)3)15-5-7-16(8-6-15)12-13-4-9-18-12/h4,9-10H,5-8H2,1-3H3. The average Bonchev–Trinajstić information content (AvgIpc) is 2.91. The smallest absolute Gasteiger partial charge is 0.239 e. The van der Waals surface area contributed by atoms with Crippen molar-refractivity contribution >= 4 is 22.4 Å². The molecule has 6 heteroatoms. The fraction of sp³-hybridized carbons (Fsp3) is 0.667. The molecule has 18 heavy (non-hydrogen) atoms. The van der Waals surface area contributed by atoms with Crippen LogP contribution in [0.3, 0.4) is 0 Å². The first-order chi connectivity index (χ1) is 8.59. The molecule has 1 aliphatic rings. The van der Waals surface area contributed by atoms with Gasteiger partial charge in [0.1, 0.15) is 0 Å². The van der Waals surface area contributed by atoms with Crippen LogP contribution in [0.4, 0.5) is 5.13 Å². The molecule has 0 aromatic carbocycles. The molecule has 0 bridgehead atoms. The molecule has 100 valence electrons. The van der Waals surface area contributed by atoms with Crippen molar-refractivity contribution < 1.29 is 4.79 Å². The van der Waals surface area contributed by atoms with Crippen molar-refractivity contribution in [1.82, 2.24) is 14.8 Å². The number of rotatable bonds is 3. The van der Waals surface area contributed by atoms with Gasteiger partial charge in [-0.25, -0.2) is 4.98 Å². The molecule has 0 radical (unpaired) electrons. The van der Waals surface area contributed by atoms with Crippen molar-refractivity contribution in [3.05, 3.63) is 11.6 Å². The van der Waals surface area contributed by atoms with Crippen molar-refractivity contribution in [2.24, 2.45) is 0 Å². The molecule has 0 aliphatic carbocycles. The van der Waals surface area contributed by atoms with E-state index in [0.29, 0.717) is 0 Å². The highest BCUT2D eigenvalue weighted by Gasteiger charge is 2.26. The van der Waals surface area contributed by atoms with Crippen LogP contribution >= 0.6 is 11.3 Å². The van der Waals surface area contributed by atoms with E-state index < -0.39 is 0 Å². The lowest BCUT2D eigenvalue weighted by Gasteiger charge is -2.37. The molecule has 0 N–H and O–H groups in total. The summed E-state index contributed by atoms with van der Waals surface area (Å²) in [5.41, 5.74) is 0. The zero-order chi connectivity index (χ0) is 13.1. The van der Waals surface area contributed by atoms with Crippen LogP contribution in [0.1, 0.15) is 6.92 Å². The van der Waals surface area contributed by atoms with E-state index >= 15 is 0 Å².